The van der Waals surface area contributed by atoms with Crippen LogP contribution in [0.4, 0.5) is 0 Å². The fourth-order valence-corrected chi connectivity index (χ4v) is 2.07. The molecule has 126 valence electrons. The molecule has 1 aromatic rings. The Morgan fingerprint density at radius 1 is 1.23 bits per heavy atom. The van der Waals surface area contributed by atoms with Gasteiger partial charge in [-0.2, -0.15) is 0 Å². The second-order valence-corrected chi connectivity index (χ2v) is 8.23. The van der Waals surface area contributed by atoms with Gasteiger partial charge in [0.15, 0.2) is 0 Å². The van der Waals surface area contributed by atoms with E-state index in [9.17, 15) is 4.79 Å². The van der Waals surface area contributed by atoms with Gasteiger partial charge in [0.25, 0.3) is 0 Å². The van der Waals surface area contributed by atoms with Gasteiger partial charge >= 0.3 is 0 Å². The van der Waals surface area contributed by atoms with Crippen LogP contribution in [0.5, 0.6) is 0 Å². The number of aryl methyl sites for hydroxylation is 1. The van der Waals surface area contributed by atoms with E-state index in [1.165, 1.54) is 0 Å². The van der Waals surface area contributed by atoms with Crippen molar-refractivity contribution in [1.82, 2.24) is 20.2 Å². The molecule has 0 saturated carbocycles. The zero-order chi connectivity index (χ0) is 17.1. The summed E-state index contributed by atoms with van der Waals surface area (Å²) in [6, 6.07) is -0.159. The van der Waals surface area contributed by atoms with E-state index in [4.69, 9.17) is 0 Å². The number of hydrogen-bond acceptors (Lipinski definition) is 3. The quantitative estimate of drug-likeness (QED) is 0.878. The van der Waals surface area contributed by atoms with E-state index in [1.807, 2.05) is 17.8 Å². The normalized spacial score (nSPS) is 15.5. The Hall–Kier alpha value is -1.36. The van der Waals surface area contributed by atoms with Crippen molar-refractivity contribution in [3.8, 4) is 0 Å². The minimum Gasteiger partial charge on any atom is -0.352 e. The van der Waals surface area contributed by atoms with Crippen molar-refractivity contribution in [1.29, 1.82) is 0 Å². The molecule has 0 aromatic carbocycles. The van der Waals surface area contributed by atoms with Crippen LogP contribution in [0.25, 0.3) is 0 Å². The number of rotatable bonds is 5. The van der Waals surface area contributed by atoms with Crippen LogP contribution >= 0.6 is 0 Å². The van der Waals surface area contributed by atoms with Crippen LogP contribution in [0.15, 0.2) is 12.4 Å². The van der Waals surface area contributed by atoms with Crippen molar-refractivity contribution < 1.29 is 4.79 Å². The number of hydrogen-bond donors (Lipinski definition) is 2. The van der Waals surface area contributed by atoms with E-state index in [0.717, 1.165) is 5.82 Å². The lowest BCUT2D eigenvalue weighted by molar-refractivity contribution is -0.127. The third-order valence-corrected chi connectivity index (χ3v) is 4.17. The van der Waals surface area contributed by atoms with Gasteiger partial charge < -0.3 is 9.88 Å². The Labute approximate surface area is 134 Å². The molecule has 0 spiro atoms. The van der Waals surface area contributed by atoms with E-state index >= 15 is 0 Å². The number of carbonyl (C=O) groups is 1. The molecule has 0 radical (unpaired) electrons. The van der Waals surface area contributed by atoms with E-state index in [1.54, 1.807) is 6.20 Å². The molecule has 1 amide bonds. The Balaban J connectivity index is 2.77. The molecule has 1 aromatic heterocycles. The lowest BCUT2D eigenvalue weighted by Gasteiger charge is -2.34. The van der Waals surface area contributed by atoms with Crippen LogP contribution < -0.4 is 10.6 Å². The highest BCUT2D eigenvalue weighted by atomic mass is 16.2. The highest BCUT2D eigenvalue weighted by molar-refractivity contribution is 5.82. The molecular weight excluding hydrogens is 276 g/mol. The lowest BCUT2D eigenvalue weighted by Crippen LogP contribution is -2.55. The predicted molar refractivity (Wildman–Crippen MR) is 90.4 cm³/mol. The van der Waals surface area contributed by atoms with Crippen molar-refractivity contribution in [2.45, 2.75) is 67.1 Å². The highest BCUT2D eigenvalue weighted by Gasteiger charge is 2.33. The third-order valence-electron chi connectivity index (χ3n) is 4.17. The van der Waals surface area contributed by atoms with Gasteiger partial charge in [-0.1, -0.05) is 41.5 Å². The molecule has 22 heavy (non-hydrogen) atoms. The lowest BCUT2D eigenvalue weighted by atomic mass is 9.84. The SMILES string of the molecule is C[C@@H](NC(=O)C(NCc1nccn1C)C(C)(C)C)C(C)(C)C. The molecule has 0 aliphatic carbocycles. The number of nitrogens with one attached hydrogen (secondary N) is 2. The summed E-state index contributed by atoms with van der Waals surface area (Å²) in [4.78, 5) is 17.0. The average molecular weight is 308 g/mol. The second kappa shape index (κ2) is 6.82. The van der Waals surface area contributed by atoms with Crippen molar-refractivity contribution >= 4 is 5.91 Å². The number of carbonyl (C=O) groups excluding carboxylic acids is 1. The molecule has 0 aliphatic rings. The minimum atomic E-state index is -0.269. The van der Waals surface area contributed by atoms with Gasteiger partial charge in [-0.15, -0.1) is 0 Å². The van der Waals surface area contributed by atoms with Gasteiger partial charge in [0.2, 0.25) is 5.91 Å². The Kier molecular flexibility index (Phi) is 5.79. The summed E-state index contributed by atoms with van der Waals surface area (Å²) in [6.45, 7) is 15.2. The fraction of sp³-hybridized carbons (Fsp3) is 0.765. The van der Waals surface area contributed by atoms with E-state index in [-0.39, 0.29) is 28.8 Å². The standard InChI is InChI=1S/C17H32N4O/c1-12(16(2,3)4)20-15(22)14(17(5,6)7)19-11-13-18-9-10-21(13)8/h9-10,12,14,19H,11H2,1-8H3,(H,20,22)/t12-,14?/m1/s1. The molecule has 0 saturated heterocycles. The Morgan fingerprint density at radius 2 is 1.82 bits per heavy atom. The largest absolute Gasteiger partial charge is 0.352 e. The van der Waals surface area contributed by atoms with Gasteiger partial charge in [0.05, 0.1) is 12.6 Å². The topological polar surface area (TPSA) is 59.0 Å². The first-order valence-corrected chi connectivity index (χ1v) is 7.93. The smallest absolute Gasteiger partial charge is 0.237 e. The number of aromatic nitrogens is 2. The molecule has 0 aliphatic heterocycles. The first-order chi connectivity index (χ1) is 9.93. The van der Waals surface area contributed by atoms with Crippen LogP contribution in [-0.2, 0) is 18.4 Å². The van der Waals surface area contributed by atoms with Crippen LogP contribution in [0.2, 0.25) is 0 Å². The molecular formula is C17H32N4O. The summed E-state index contributed by atoms with van der Waals surface area (Å²) in [5.41, 5.74) is -0.134. The van der Waals surface area contributed by atoms with Crippen LogP contribution in [-0.4, -0.2) is 27.5 Å². The molecule has 1 unspecified atom stereocenters. The predicted octanol–water partition coefficient (Wildman–Crippen LogP) is 2.48. The molecule has 0 bridgehead atoms. The van der Waals surface area contributed by atoms with Crippen LogP contribution in [0.1, 0.15) is 54.3 Å². The Bertz CT molecular complexity index is 493. The third kappa shape index (κ3) is 5.13. The minimum absolute atomic E-state index is 0.0395. The maximum absolute atomic E-state index is 12.7. The summed E-state index contributed by atoms with van der Waals surface area (Å²) in [7, 11) is 1.96. The van der Waals surface area contributed by atoms with E-state index in [0.29, 0.717) is 6.54 Å². The fourth-order valence-electron chi connectivity index (χ4n) is 2.07. The Morgan fingerprint density at radius 3 is 2.23 bits per heavy atom. The maximum Gasteiger partial charge on any atom is 0.237 e. The van der Waals surface area contributed by atoms with Crippen molar-refractivity contribution in [2.24, 2.45) is 17.9 Å². The molecule has 5 heteroatoms. The van der Waals surface area contributed by atoms with Gasteiger partial charge in [0, 0.05) is 25.5 Å². The summed E-state index contributed by atoms with van der Waals surface area (Å²) in [5, 5.41) is 6.51. The summed E-state index contributed by atoms with van der Waals surface area (Å²) < 4.78 is 1.96. The maximum atomic E-state index is 12.7. The summed E-state index contributed by atoms with van der Waals surface area (Å²) in [5.74, 6) is 0.968. The molecule has 0 fully saturated rings. The van der Waals surface area contributed by atoms with Gasteiger partial charge in [-0.3, -0.25) is 10.1 Å². The second-order valence-electron chi connectivity index (χ2n) is 8.23. The molecule has 2 atom stereocenters. The first-order valence-electron chi connectivity index (χ1n) is 7.93. The zero-order valence-electron chi connectivity index (χ0n) is 15.3. The summed E-state index contributed by atoms with van der Waals surface area (Å²) in [6.07, 6.45) is 3.68. The van der Waals surface area contributed by atoms with Gasteiger partial charge in [-0.25, -0.2) is 4.98 Å². The molecule has 2 N–H and O–H groups in total. The van der Waals surface area contributed by atoms with Crippen LogP contribution in [0.3, 0.4) is 0 Å². The van der Waals surface area contributed by atoms with E-state index in [2.05, 4.69) is 64.1 Å². The summed E-state index contributed by atoms with van der Waals surface area (Å²) >= 11 is 0. The highest BCUT2D eigenvalue weighted by Crippen LogP contribution is 2.22. The van der Waals surface area contributed by atoms with Crippen molar-refractivity contribution in [3.05, 3.63) is 18.2 Å². The number of nitrogens with zero attached hydrogens (tertiary/aromatic N) is 2. The zero-order valence-corrected chi connectivity index (χ0v) is 15.3. The first kappa shape index (κ1) is 18.7. The number of amides is 1. The molecule has 1 rings (SSSR count). The average Bonchev–Trinajstić information content (AvgIpc) is 2.72. The monoisotopic (exact) mass is 308 g/mol. The van der Waals surface area contributed by atoms with E-state index < -0.39 is 0 Å². The molecule has 1 heterocycles. The molecule has 5 nitrogen and oxygen atoms in total. The number of imidazole rings is 1. The van der Waals surface area contributed by atoms with Crippen molar-refractivity contribution in [2.75, 3.05) is 0 Å². The van der Waals surface area contributed by atoms with Gasteiger partial charge in [0.1, 0.15) is 5.82 Å². The van der Waals surface area contributed by atoms with Gasteiger partial charge in [-0.05, 0) is 17.8 Å². The van der Waals surface area contributed by atoms with Crippen molar-refractivity contribution in [3.63, 3.8) is 0 Å². The van der Waals surface area contributed by atoms with Crippen LogP contribution in [0, 0.1) is 10.8 Å².